The number of hydrogen-bond acceptors (Lipinski definition) is 2. The number of carbonyl (C=O) groups excluding carboxylic acids is 1. The smallest absolute Gasteiger partial charge is 0.384 e. The monoisotopic (exact) mass is 200 g/mol. The number of esters is 1. The molecule has 0 unspecified atom stereocenters. The minimum absolute atomic E-state index is 0.730. The summed E-state index contributed by atoms with van der Waals surface area (Å²) in [5.74, 6) is 3.28. The number of ether oxygens (including phenoxy) is 1. The molecule has 0 saturated heterocycles. The molecule has 0 aliphatic rings. The van der Waals surface area contributed by atoms with E-state index in [1.54, 1.807) is 0 Å². The van der Waals surface area contributed by atoms with Crippen LogP contribution in [0.3, 0.4) is 0 Å². The lowest BCUT2D eigenvalue weighted by molar-refractivity contribution is -0.133. The Morgan fingerprint density at radius 3 is 2.30 bits per heavy atom. The maximum absolute atomic E-state index is 10.3. The maximum Gasteiger partial charge on any atom is 0.384 e. The number of rotatable bonds is 0. The van der Waals surface area contributed by atoms with E-state index < -0.39 is 9.76 Å². The number of alkyl halides is 3. The van der Waals surface area contributed by atoms with Crippen molar-refractivity contribution in [3.8, 4) is 11.8 Å². The second-order valence-electron chi connectivity index (χ2n) is 1.24. The van der Waals surface area contributed by atoms with Crippen molar-refractivity contribution in [3.05, 3.63) is 0 Å². The summed E-state index contributed by atoms with van der Waals surface area (Å²) in [5.41, 5.74) is 0. The first kappa shape index (κ1) is 9.90. The van der Waals surface area contributed by atoms with Gasteiger partial charge in [0.2, 0.25) is 0 Å². The molecule has 0 aromatic rings. The summed E-state index contributed by atoms with van der Waals surface area (Å²) < 4.78 is 2.44. The molecule has 5 heteroatoms. The summed E-state index contributed by atoms with van der Waals surface area (Å²) in [6, 6.07) is 0. The van der Waals surface area contributed by atoms with E-state index in [4.69, 9.17) is 34.8 Å². The highest BCUT2D eigenvalue weighted by molar-refractivity contribution is 6.69. The minimum Gasteiger partial charge on any atom is -0.459 e. The number of halogens is 3. The predicted molar refractivity (Wildman–Crippen MR) is 40.1 cm³/mol. The Bertz CT molecular complexity index is 183. The van der Waals surface area contributed by atoms with Crippen LogP contribution in [0, 0.1) is 11.8 Å². The zero-order valence-electron chi connectivity index (χ0n) is 4.95. The number of hydrogen-bond donors (Lipinski definition) is 0. The Balaban J connectivity index is 4.05. The minimum atomic E-state index is -1.71. The fraction of sp³-hybridized carbons (Fsp3) is 0.400. The number of methoxy groups -OCH3 is 1. The Labute approximate surface area is 73.4 Å². The van der Waals surface area contributed by atoms with Crippen LogP contribution >= 0.6 is 34.8 Å². The van der Waals surface area contributed by atoms with Crippen LogP contribution < -0.4 is 0 Å². The van der Waals surface area contributed by atoms with Gasteiger partial charge < -0.3 is 4.74 Å². The normalized spacial score (nSPS) is 9.60. The lowest BCUT2D eigenvalue weighted by Crippen LogP contribution is -2.00. The Hall–Kier alpha value is -0.100. The first-order valence-electron chi connectivity index (χ1n) is 2.13. The van der Waals surface area contributed by atoms with Gasteiger partial charge in [-0.3, -0.25) is 0 Å². The van der Waals surface area contributed by atoms with E-state index in [9.17, 15) is 4.79 Å². The number of carbonyl (C=O) groups is 1. The largest absolute Gasteiger partial charge is 0.459 e. The van der Waals surface area contributed by atoms with Crippen LogP contribution in [0.4, 0.5) is 0 Å². The van der Waals surface area contributed by atoms with Gasteiger partial charge in [-0.1, -0.05) is 34.8 Å². The highest BCUT2D eigenvalue weighted by Crippen LogP contribution is 2.23. The van der Waals surface area contributed by atoms with E-state index in [1.165, 1.54) is 7.11 Å². The molecule has 0 atom stereocenters. The van der Waals surface area contributed by atoms with Gasteiger partial charge in [-0.15, -0.1) is 0 Å². The molecule has 0 N–H and O–H groups in total. The standard InChI is InChI=1S/C5H3Cl3O2/c1-10-4(9)2-3-5(6,7)8/h1H3. The van der Waals surface area contributed by atoms with Crippen molar-refractivity contribution in [3.63, 3.8) is 0 Å². The van der Waals surface area contributed by atoms with Gasteiger partial charge in [0.05, 0.1) is 7.11 Å². The molecule has 0 aromatic carbocycles. The molecule has 0 aliphatic carbocycles. The van der Waals surface area contributed by atoms with E-state index in [0.717, 1.165) is 0 Å². The quantitative estimate of drug-likeness (QED) is 0.257. The third-order valence-electron chi connectivity index (χ3n) is 0.492. The molecule has 2 nitrogen and oxygen atoms in total. The molecular weight excluding hydrogens is 198 g/mol. The molecule has 0 bridgehead atoms. The molecule has 0 spiro atoms. The van der Waals surface area contributed by atoms with E-state index in [2.05, 4.69) is 4.74 Å². The SMILES string of the molecule is COC(=O)C#CC(Cl)(Cl)Cl. The topological polar surface area (TPSA) is 26.3 Å². The molecular formula is C5H3Cl3O2. The summed E-state index contributed by atoms with van der Waals surface area (Å²) in [6.07, 6.45) is 0. The van der Waals surface area contributed by atoms with Crippen molar-refractivity contribution < 1.29 is 9.53 Å². The van der Waals surface area contributed by atoms with Gasteiger partial charge in [-0.25, -0.2) is 4.79 Å². The molecule has 0 rings (SSSR count). The van der Waals surface area contributed by atoms with Gasteiger partial charge in [0, 0.05) is 5.92 Å². The molecule has 0 heterocycles. The molecule has 56 valence electrons. The third kappa shape index (κ3) is 6.03. The average molecular weight is 201 g/mol. The second-order valence-corrected chi connectivity index (χ2v) is 3.52. The molecule has 0 amide bonds. The van der Waals surface area contributed by atoms with Crippen LogP contribution in [0.1, 0.15) is 0 Å². The van der Waals surface area contributed by atoms with E-state index in [-0.39, 0.29) is 0 Å². The van der Waals surface area contributed by atoms with Crippen molar-refractivity contribution in [1.82, 2.24) is 0 Å². The molecule has 0 saturated carbocycles. The Morgan fingerprint density at radius 2 is 2.00 bits per heavy atom. The van der Waals surface area contributed by atoms with E-state index in [0.29, 0.717) is 0 Å². The van der Waals surface area contributed by atoms with Crippen LogP contribution in [0.15, 0.2) is 0 Å². The van der Waals surface area contributed by atoms with Crippen molar-refractivity contribution in [2.24, 2.45) is 0 Å². The Kier molecular flexibility index (Phi) is 3.88. The average Bonchev–Trinajstić information content (AvgIpc) is 1.81. The molecule has 0 fully saturated rings. The highest BCUT2D eigenvalue weighted by atomic mass is 35.6. The van der Waals surface area contributed by atoms with Gasteiger partial charge in [0.1, 0.15) is 0 Å². The summed E-state index contributed by atoms with van der Waals surface area (Å²) >= 11 is 15.6. The summed E-state index contributed by atoms with van der Waals surface area (Å²) in [5, 5.41) is 0. The zero-order valence-corrected chi connectivity index (χ0v) is 7.22. The molecule has 0 aliphatic heterocycles. The van der Waals surface area contributed by atoms with Gasteiger partial charge in [-0.2, -0.15) is 0 Å². The van der Waals surface area contributed by atoms with Crippen molar-refractivity contribution in [1.29, 1.82) is 0 Å². The third-order valence-corrected chi connectivity index (χ3v) is 0.775. The van der Waals surface area contributed by atoms with Crippen molar-refractivity contribution in [2.75, 3.05) is 7.11 Å². The van der Waals surface area contributed by atoms with E-state index >= 15 is 0 Å². The van der Waals surface area contributed by atoms with Crippen molar-refractivity contribution in [2.45, 2.75) is 3.79 Å². The second kappa shape index (κ2) is 3.92. The predicted octanol–water partition coefficient (Wildman–Crippen LogP) is 1.53. The van der Waals surface area contributed by atoms with Gasteiger partial charge in [0.15, 0.2) is 0 Å². The lowest BCUT2D eigenvalue weighted by atomic mass is 10.6. The van der Waals surface area contributed by atoms with Crippen LogP contribution in [-0.2, 0) is 9.53 Å². The Morgan fingerprint density at radius 1 is 1.50 bits per heavy atom. The lowest BCUT2D eigenvalue weighted by Gasteiger charge is -1.96. The van der Waals surface area contributed by atoms with Crippen LogP contribution in [-0.4, -0.2) is 16.9 Å². The van der Waals surface area contributed by atoms with Gasteiger partial charge in [-0.05, 0) is 5.92 Å². The fourth-order valence-corrected chi connectivity index (χ4v) is 0.315. The molecule has 10 heavy (non-hydrogen) atoms. The zero-order chi connectivity index (χ0) is 8.20. The maximum atomic E-state index is 10.3. The van der Waals surface area contributed by atoms with Gasteiger partial charge in [0.25, 0.3) is 3.79 Å². The van der Waals surface area contributed by atoms with Crippen LogP contribution in [0.2, 0.25) is 0 Å². The van der Waals surface area contributed by atoms with Gasteiger partial charge >= 0.3 is 5.97 Å². The first-order chi connectivity index (χ1) is 4.45. The van der Waals surface area contributed by atoms with Crippen molar-refractivity contribution >= 4 is 40.8 Å². The van der Waals surface area contributed by atoms with Crippen LogP contribution in [0.25, 0.3) is 0 Å². The van der Waals surface area contributed by atoms with Crippen LogP contribution in [0.5, 0.6) is 0 Å². The summed E-state index contributed by atoms with van der Waals surface area (Å²) in [4.78, 5) is 10.3. The molecule has 0 radical (unpaired) electrons. The summed E-state index contributed by atoms with van der Waals surface area (Å²) in [7, 11) is 1.19. The van der Waals surface area contributed by atoms with E-state index in [1.807, 2.05) is 11.8 Å². The first-order valence-corrected chi connectivity index (χ1v) is 3.27. The summed E-state index contributed by atoms with van der Waals surface area (Å²) in [6.45, 7) is 0. The molecule has 0 aromatic heterocycles. The highest BCUT2D eigenvalue weighted by Gasteiger charge is 2.14. The fourth-order valence-electron chi connectivity index (χ4n) is 0.173.